The van der Waals surface area contributed by atoms with Crippen molar-refractivity contribution in [1.82, 2.24) is 5.32 Å². The highest BCUT2D eigenvalue weighted by Crippen LogP contribution is 2.47. The van der Waals surface area contributed by atoms with Gasteiger partial charge in [-0.15, -0.1) is 11.3 Å². The molecule has 16 heavy (non-hydrogen) atoms. The van der Waals surface area contributed by atoms with E-state index in [0.717, 1.165) is 28.2 Å². The molecule has 0 aliphatic heterocycles. The second-order valence-electron chi connectivity index (χ2n) is 4.25. The minimum absolute atomic E-state index is 0.139. The number of nitrogens with one attached hydrogen (secondary N) is 1. The third-order valence-corrected chi connectivity index (χ3v) is 4.72. The number of hydrogen-bond acceptors (Lipinski definition) is 3. The van der Waals surface area contributed by atoms with Crippen molar-refractivity contribution in [2.45, 2.75) is 12.8 Å². The summed E-state index contributed by atoms with van der Waals surface area (Å²) in [5, 5.41) is 4.11. The van der Waals surface area contributed by atoms with Gasteiger partial charge in [0.25, 0.3) is 0 Å². The highest BCUT2D eigenvalue weighted by Gasteiger charge is 2.50. The van der Waals surface area contributed by atoms with Crippen LogP contribution in [0.3, 0.4) is 0 Å². The standard InChI is InChI=1S/C11H15BrN2OS/c1-13-7-11(5-6-11)10(15)14(2)9-4-3-8(12)16-9/h3-4,13H,5-7H2,1-2H3. The van der Waals surface area contributed by atoms with E-state index < -0.39 is 0 Å². The van der Waals surface area contributed by atoms with E-state index >= 15 is 0 Å². The molecule has 0 unspecified atom stereocenters. The van der Waals surface area contributed by atoms with Gasteiger partial charge in [0.05, 0.1) is 14.2 Å². The number of carbonyl (C=O) groups is 1. The fourth-order valence-corrected chi connectivity index (χ4v) is 3.22. The average molecular weight is 303 g/mol. The van der Waals surface area contributed by atoms with Crippen LogP contribution in [0.4, 0.5) is 5.00 Å². The van der Waals surface area contributed by atoms with E-state index in [1.807, 2.05) is 26.2 Å². The first-order valence-corrected chi connectivity index (χ1v) is 6.88. The van der Waals surface area contributed by atoms with Crippen molar-refractivity contribution in [3.63, 3.8) is 0 Å². The molecule has 88 valence electrons. The highest BCUT2D eigenvalue weighted by molar-refractivity contribution is 9.11. The van der Waals surface area contributed by atoms with Crippen LogP contribution in [0.5, 0.6) is 0 Å². The van der Waals surface area contributed by atoms with Crippen molar-refractivity contribution in [2.24, 2.45) is 5.41 Å². The Morgan fingerprint density at radius 3 is 2.75 bits per heavy atom. The number of halogens is 1. The molecule has 1 aliphatic rings. The Kier molecular flexibility index (Phi) is 3.37. The lowest BCUT2D eigenvalue weighted by Gasteiger charge is -2.21. The molecule has 0 saturated heterocycles. The zero-order valence-corrected chi connectivity index (χ0v) is 11.8. The number of thiophene rings is 1. The molecule has 0 spiro atoms. The first-order chi connectivity index (χ1) is 7.59. The molecule has 1 N–H and O–H groups in total. The molecular formula is C11H15BrN2OS. The van der Waals surface area contributed by atoms with Crippen molar-refractivity contribution < 1.29 is 4.79 Å². The van der Waals surface area contributed by atoms with Gasteiger partial charge in [0.1, 0.15) is 0 Å². The Bertz CT molecular complexity index is 400. The van der Waals surface area contributed by atoms with Gasteiger partial charge >= 0.3 is 0 Å². The van der Waals surface area contributed by atoms with E-state index in [1.54, 1.807) is 16.2 Å². The smallest absolute Gasteiger partial charge is 0.234 e. The van der Waals surface area contributed by atoms with Gasteiger partial charge in [-0.3, -0.25) is 4.79 Å². The van der Waals surface area contributed by atoms with Crippen LogP contribution >= 0.6 is 27.3 Å². The SMILES string of the molecule is CNCC1(C(=O)N(C)c2ccc(Br)s2)CC1. The summed E-state index contributed by atoms with van der Waals surface area (Å²) >= 11 is 5.00. The van der Waals surface area contributed by atoms with Gasteiger partial charge < -0.3 is 10.2 Å². The van der Waals surface area contributed by atoms with Gasteiger partial charge in [-0.05, 0) is 48.0 Å². The minimum Gasteiger partial charge on any atom is -0.319 e. The number of rotatable bonds is 4. The van der Waals surface area contributed by atoms with E-state index in [1.165, 1.54) is 0 Å². The topological polar surface area (TPSA) is 32.3 Å². The first kappa shape index (κ1) is 12.1. The molecule has 0 atom stereocenters. The molecule has 3 nitrogen and oxygen atoms in total. The molecular weight excluding hydrogens is 288 g/mol. The first-order valence-electron chi connectivity index (χ1n) is 5.27. The van der Waals surface area contributed by atoms with Crippen molar-refractivity contribution >= 4 is 38.2 Å². The van der Waals surface area contributed by atoms with Crippen LogP contribution in [-0.2, 0) is 4.79 Å². The van der Waals surface area contributed by atoms with E-state index in [-0.39, 0.29) is 11.3 Å². The quantitative estimate of drug-likeness (QED) is 0.927. The lowest BCUT2D eigenvalue weighted by molar-refractivity contribution is -0.123. The fraction of sp³-hybridized carbons (Fsp3) is 0.545. The summed E-state index contributed by atoms with van der Waals surface area (Å²) in [6.45, 7) is 0.780. The fourth-order valence-electron chi connectivity index (χ4n) is 1.90. The molecule has 0 aromatic carbocycles. The van der Waals surface area contributed by atoms with Crippen LogP contribution in [0, 0.1) is 5.41 Å². The number of hydrogen-bond donors (Lipinski definition) is 1. The van der Waals surface area contributed by atoms with Crippen LogP contribution < -0.4 is 10.2 Å². The molecule has 5 heteroatoms. The second-order valence-corrected chi connectivity index (χ2v) is 6.69. The third kappa shape index (κ3) is 2.17. The summed E-state index contributed by atoms with van der Waals surface area (Å²) in [5.74, 6) is 0.233. The predicted molar refractivity (Wildman–Crippen MR) is 71.0 cm³/mol. The lowest BCUT2D eigenvalue weighted by Crippen LogP contribution is -2.38. The monoisotopic (exact) mass is 302 g/mol. The van der Waals surface area contributed by atoms with Gasteiger partial charge in [0.2, 0.25) is 5.91 Å². The van der Waals surface area contributed by atoms with Crippen LogP contribution in [-0.4, -0.2) is 26.5 Å². The van der Waals surface area contributed by atoms with Gasteiger partial charge in [-0.2, -0.15) is 0 Å². The number of carbonyl (C=O) groups excluding carboxylic acids is 1. The molecule has 1 saturated carbocycles. The van der Waals surface area contributed by atoms with Gasteiger partial charge in [-0.1, -0.05) is 0 Å². The van der Waals surface area contributed by atoms with Crippen LogP contribution in [0.2, 0.25) is 0 Å². The molecule has 0 radical (unpaired) electrons. The Morgan fingerprint density at radius 1 is 1.62 bits per heavy atom. The molecule has 1 aromatic rings. The molecule has 1 amide bonds. The Labute approximate surface area is 108 Å². The highest BCUT2D eigenvalue weighted by atomic mass is 79.9. The summed E-state index contributed by atoms with van der Waals surface area (Å²) in [6, 6.07) is 3.95. The van der Waals surface area contributed by atoms with Gasteiger partial charge in [0, 0.05) is 13.6 Å². The van der Waals surface area contributed by atoms with E-state index in [4.69, 9.17) is 0 Å². The minimum atomic E-state index is -0.139. The Morgan fingerprint density at radius 2 is 2.31 bits per heavy atom. The average Bonchev–Trinajstić information content (AvgIpc) is 2.92. The number of nitrogens with zero attached hydrogens (tertiary/aromatic N) is 1. The van der Waals surface area contributed by atoms with E-state index in [2.05, 4.69) is 21.2 Å². The van der Waals surface area contributed by atoms with Crippen LogP contribution in [0.25, 0.3) is 0 Å². The van der Waals surface area contributed by atoms with Gasteiger partial charge in [-0.25, -0.2) is 0 Å². The van der Waals surface area contributed by atoms with Crippen molar-refractivity contribution in [3.8, 4) is 0 Å². The molecule has 1 fully saturated rings. The van der Waals surface area contributed by atoms with E-state index in [0.29, 0.717) is 0 Å². The summed E-state index contributed by atoms with van der Waals surface area (Å²) in [7, 11) is 3.76. The zero-order valence-electron chi connectivity index (χ0n) is 9.42. The molecule has 2 rings (SSSR count). The zero-order chi connectivity index (χ0) is 11.8. The third-order valence-electron chi connectivity index (χ3n) is 3.02. The van der Waals surface area contributed by atoms with Crippen molar-refractivity contribution in [1.29, 1.82) is 0 Å². The maximum absolute atomic E-state index is 12.3. The second kappa shape index (κ2) is 4.47. The van der Waals surface area contributed by atoms with Crippen LogP contribution in [0.15, 0.2) is 15.9 Å². The Balaban J connectivity index is 2.10. The van der Waals surface area contributed by atoms with Crippen molar-refractivity contribution in [2.75, 3.05) is 25.5 Å². The normalized spacial score (nSPS) is 17.2. The summed E-state index contributed by atoms with van der Waals surface area (Å²) in [6.07, 6.45) is 2.01. The molecule has 1 aliphatic carbocycles. The lowest BCUT2D eigenvalue weighted by atomic mass is 10.1. The van der Waals surface area contributed by atoms with Gasteiger partial charge in [0.15, 0.2) is 0 Å². The summed E-state index contributed by atoms with van der Waals surface area (Å²) < 4.78 is 1.06. The maximum atomic E-state index is 12.3. The molecule has 1 aromatic heterocycles. The van der Waals surface area contributed by atoms with Crippen molar-refractivity contribution in [3.05, 3.63) is 15.9 Å². The summed E-state index contributed by atoms with van der Waals surface area (Å²) in [4.78, 5) is 14.1. The maximum Gasteiger partial charge on any atom is 0.234 e. The number of anilines is 1. The molecule has 1 heterocycles. The van der Waals surface area contributed by atoms with E-state index in [9.17, 15) is 4.79 Å². The summed E-state index contributed by atoms with van der Waals surface area (Å²) in [5.41, 5.74) is -0.139. The van der Waals surface area contributed by atoms with Crippen LogP contribution in [0.1, 0.15) is 12.8 Å². The largest absolute Gasteiger partial charge is 0.319 e. The molecule has 0 bridgehead atoms. The Hall–Kier alpha value is -0.390. The number of amides is 1. The predicted octanol–water partition coefficient (Wildman–Crippen LogP) is 2.47.